The maximum absolute atomic E-state index is 6.29. The van der Waals surface area contributed by atoms with Crippen LogP contribution in [0.3, 0.4) is 0 Å². The Balaban J connectivity index is 2.97. The van der Waals surface area contributed by atoms with E-state index in [-0.39, 0.29) is 6.04 Å². The van der Waals surface area contributed by atoms with E-state index in [4.69, 9.17) is 5.73 Å². The van der Waals surface area contributed by atoms with Crippen LogP contribution in [0.2, 0.25) is 0 Å². The third kappa shape index (κ3) is 2.61. The minimum absolute atomic E-state index is 0.0804. The number of aryl methyl sites for hydroxylation is 1. The van der Waals surface area contributed by atoms with Gasteiger partial charge in [-0.05, 0) is 28.8 Å². The number of aromatic nitrogens is 2. The summed E-state index contributed by atoms with van der Waals surface area (Å²) in [6.07, 6.45) is 4.05. The van der Waals surface area contributed by atoms with E-state index in [1.807, 2.05) is 10.9 Å². The molecule has 0 saturated heterocycles. The molecule has 0 aliphatic heterocycles. The predicted octanol–water partition coefficient (Wildman–Crippen LogP) is 3.10. The van der Waals surface area contributed by atoms with Gasteiger partial charge < -0.3 is 5.73 Å². The van der Waals surface area contributed by atoms with E-state index in [0.29, 0.717) is 5.92 Å². The molecular formula is C11H20BrN3. The molecule has 1 aromatic rings. The summed E-state index contributed by atoms with van der Waals surface area (Å²) in [5.41, 5.74) is 7.42. The molecule has 0 aliphatic rings. The number of hydrogen-bond acceptors (Lipinski definition) is 2. The number of rotatable bonds is 5. The number of hydrogen-bond donors (Lipinski definition) is 1. The Kier molecular flexibility index (Phi) is 4.80. The lowest BCUT2D eigenvalue weighted by atomic mass is 9.92. The predicted molar refractivity (Wildman–Crippen MR) is 66.6 cm³/mol. The lowest BCUT2D eigenvalue weighted by molar-refractivity contribution is 0.382. The third-order valence-corrected chi connectivity index (χ3v) is 3.62. The highest BCUT2D eigenvalue weighted by Gasteiger charge is 2.22. The van der Waals surface area contributed by atoms with Crippen LogP contribution in [0.5, 0.6) is 0 Å². The molecule has 1 unspecified atom stereocenters. The van der Waals surface area contributed by atoms with Crippen LogP contribution < -0.4 is 5.73 Å². The van der Waals surface area contributed by atoms with Gasteiger partial charge in [0.05, 0.1) is 22.4 Å². The Hall–Kier alpha value is -0.350. The Bertz CT molecular complexity index is 305. The molecule has 1 heterocycles. The van der Waals surface area contributed by atoms with Crippen molar-refractivity contribution in [1.29, 1.82) is 0 Å². The zero-order chi connectivity index (χ0) is 11.4. The van der Waals surface area contributed by atoms with Gasteiger partial charge in [0.25, 0.3) is 0 Å². The van der Waals surface area contributed by atoms with Crippen LogP contribution in [0.15, 0.2) is 10.7 Å². The van der Waals surface area contributed by atoms with Gasteiger partial charge in [-0.25, -0.2) is 0 Å². The maximum Gasteiger partial charge on any atom is 0.0696 e. The molecule has 0 aliphatic carbocycles. The standard InChI is InChI=1S/C11H20BrN3/c1-4-8(5-2)10(13)11-9(12)7-14-15(11)6-3/h7-8,10H,4-6,13H2,1-3H3. The maximum atomic E-state index is 6.29. The van der Waals surface area contributed by atoms with Crippen LogP contribution in [-0.4, -0.2) is 9.78 Å². The summed E-state index contributed by atoms with van der Waals surface area (Å²) in [7, 11) is 0. The summed E-state index contributed by atoms with van der Waals surface area (Å²) in [6.45, 7) is 7.33. The second kappa shape index (κ2) is 5.66. The molecule has 1 aromatic heterocycles. The van der Waals surface area contributed by atoms with E-state index in [1.54, 1.807) is 0 Å². The fourth-order valence-corrected chi connectivity index (χ4v) is 2.54. The Morgan fingerprint density at radius 1 is 1.40 bits per heavy atom. The van der Waals surface area contributed by atoms with Crippen molar-refractivity contribution in [2.45, 2.75) is 46.2 Å². The largest absolute Gasteiger partial charge is 0.322 e. The van der Waals surface area contributed by atoms with E-state index < -0.39 is 0 Å². The molecule has 1 rings (SSSR count). The van der Waals surface area contributed by atoms with Crippen molar-refractivity contribution in [2.24, 2.45) is 11.7 Å². The highest BCUT2D eigenvalue weighted by Crippen LogP contribution is 2.30. The molecule has 86 valence electrons. The third-order valence-electron chi connectivity index (χ3n) is 3.01. The molecule has 1 atom stereocenters. The molecule has 0 bridgehead atoms. The van der Waals surface area contributed by atoms with Gasteiger partial charge in [-0.1, -0.05) is 26.7 Å². The van der Waals surface area contributed by atoms with E-state index in [2.05, 4.69) is 41.8 Å². The van der Waals surface area contributed by atoms with Gasteiger partial charge in [-0.15, -0.1) is 0 Å². The monoisotopic (exact) mass is 273 g/mol. The average molecular weight is 274 g/mol. The summed E-state index contributed by atoms with van der Waals surface area (Å²) in [4.78, 5) is 0. The average Bonchev–Trinajstić information content (AvgIpc) is 2.61. The zero-order valence-corrected chi connectivity index (χ0v) is 11.3. The summed E-state index contributed by atoms with van der Waals surface area (Å²) in [6, 6.07) is 0.0804. The van der Waals surface area contributed by atoms with Gasteiger partial charge in [0.2, 0.25) is 0 Å². The van der Waals surface area contributed by atoms with Crippen LogP contribution in [0.1, 0.15) is 45.3 Å². The number of nitrogens with two attached hydrogens (primary N) is 1. The fraction of sp³-hybridized carbons (Fsp3) is 0.727. The zero-order valence-electron chi connectivity index (χ0n) is 9.70. The Labute approximate surface area is 100 Å². The smallest absolute Gasteiger partial charge is 0.0696 e. The first-order valence-electron chi connectivity index (χ1n) is 5.62. The van der Waals surface area contributed by atoms with Crippen LogP contribution in [0.4, 0.5) is 0 Å². The summed E-state index contributed by atoms with van der Waals surface area (Å²) >= 11 is 3.52. The van der Waals surface area contributed by atoms with Gasteiger partial charge in [0.15, 0.2) is 0 Å². The summed E-state index contributed by atoms with van der Waals surface area (Å²) in [5, 5.41) is 4.30. The minimum atomic E-state index is 0.0804. The topological polar surface area (TPSA) is 43.8 Å². The molecule has 4 heteroatoms. The molecule has 0 fully saturated rings. The van der Waals surface area contributed by atoms with Crippen LogP contribution in [0.25, 0.3) is 0 Å². The van der Waals surface area contributed by atoms with E-state index in [1.165, 1.54) is 0 Å². The molecule has 3 nitrogen and oxygen atoms in total. The second-order valence-electron chi connectivity index (χ2n) is 3.80. The molecule has 0 saturated carbocycles. The number of nitrogens with zero attached hydrogens (tertiary/aromatic N) is 2. The van der Waals surface area contributed by atoms with Crippen molar-refractivity contribution in [1.82, 2.24) is 9.78 Å². The Morgan fingerprint density at radius 3 is 2.47 bits per heavy atom. The van der Waals surface area contributed by atoms with Gasteiger partial charge in [-0.3, -0.25) is 4.68 Å². The van der Waals surface area contributed by atoms with Crippen LogP contribution in [0, 0.1) is 5.92 Å². The molecule has 2 N–H and O–H groups in total. The van der Waals surface area contributed by atoms with Crippen molar-refractivity contribution in [2.75, 3.05) is 0 Å². The van der Waals surface area contributed by atoms with Gasteiger partial charge in [-0.2, -0.15) is 5.10 Å². The lowest BCUT2D eigenvalue weighted by Crippen LogP contribution is -2.24. The van der Waals surface area contributed by atoms with E-state index >= 15 is 0 Å². The highest BCUT2D eigenvalue weighted by molar-refractivity contribution is 9.10. The van der Waals surface area contributed by atoms with Gasteiger partial charge >= 0.3 is 0 Å². The first kappa shape index (κ1) is 12.7. The summed E-state index contributed by atoms with van der Waals surface area (Å²) in [5.74, 6) is 0.531. The van der Waals surface area contributed by atoms with Crippen molar-refractivity contribution < 1.29 is 0 Å². The second-order valence-corrected chi connectivity index (χ2v) is 4.65. The number of halogens is 1. The van der Waals surface area contributed by atoms with Gasteiger partial charge in [0.1, 0.15) is 0 Å². The van der Waals surface area contributed by atoms with E-state index in [0.717, 1.165) is 29.6 Å². The molecule has 15 heavy (non-hydrogen) atoms. The highest BCUT2D eigenvalue weighted by atomic mass is 79.9. The molecule has 0 amide bonds. The van der Waals surface area contributed by atoms with Gasteiger partial charge in [0, 0.05) is 6.54 Å². The normalized spacial score (nSPS) is 13.5. The quantitative estimate of drug-likeness (QED) is 0.896. The molecular weight excluding hydrogens is 254 g/mol. The SMILES string of the molecule is CCC(CC)C(N)c1c(Br)cnn1CC. The summed E-state index contributed by atoms with van der Waals surface area (Å²) < 4.78 is 3.01. The van der Waals surface area contributed by atoms with Crippen molar-refractivity contribution >= 4 is 15.9 Å². The van der Waals surface area contributed by atoms with Crippen molar-refractivity contribution in [3.05, 3.63) is 16.4 Å². The van der Waals surface area contributed by atoms with Crippen molar-refractivity contribution in [3.8, 4) is 0 Å². The lowest BCUT2D eigenvalue weighted by Gasteiger charge is -2.22. The first-order valence-corrected chi connectivity index (χ1v) is 6.41. The minimum Gasteiger partial charge on any atom is -0.322 e. The van der Waals surface area contributed by atoms with Crippen LogP contribution >= 0.6 is 15.9 Å². The molecule has 0 aromatic carbocycles. The fourth-order valence-electron chi connectivity index (χ4n) is 1.98. The van der Waals surface area contributed by atoms with E-state index in [9.17, 15) is 0 Å². The molecule has 0 spiro atoms. The first-order chi connectivity index (χ1) is 7.15. The van der Waals surface area contributed by atoms with Crippen LogP contribution in [-0.2, 0) is 6.54 Å². The molecule has 0 radical (unpaired) electrons. The Morgan fingerprint density at radius 2 is 2.00 bits per heavy atom. The van der Waals surface area contributed by atoms with Crippen molar-refractivity contribution in [3.63, 3.8) is 0 Å².